The summed E-state index contributed by atoms with van der Waals surface area (Å²) in [5.41, 5.74) is 4.20. The highest BCUT2D eigenvalue weighted by Gasteiger charge is 2.23. The van der Waals surface area contributed by atoms with E-state index in [1.807, 2.05) is 22.4 Å². The fourth-order valence-corrected chi connectivity index (χ4v) is 3.30. The summed E-state index contributed by atoms with van der Waals surface area (Å²) in [5, 5.41) is 0. The Bertz CT molecular complexity index is 622. The van der Waals surface area contributed by atoms with Crippen LogP contribution in [0, 0.1) is 13.8 Å². The molecular formula is C14H22N2O4S. The van der Waals surface area contributed by atoms with Gasteiger partial charge < -0.3 is 4.74 Å². The molecule has 0 aliphatic rings. The average molecular weight is 314 g/mol. The molecule has 7 heteroatoms. The highest BCUT2D eigenvalue weighted by Crippen LogP contribution is 2.28. The molecule has 0 aliphatic carbocycles. The van der Waals surface area contributed by atoms with E-state index in [0.717, 1.165) is 12.7 Å². The smallest absolute Gasteiger partial charge is 0.422 e. The van der Waals surface area contributed by atoms with Crippen LogP contribution in [0.4, 0.5) is 4.79 Å². The summed E-state index contributed by atoms with van der Waals surface area (Å²) < 4.78 is 28.9. The number of methoxy groups -OCH3 is 1. The Kier molecular flexibility index (Phi) is 5.01. The predicted octanol–water partition coefficient (Wildman–Crippen LogP) is 2.15. The standard InChI is InChI=1S/C14H22N2O4S/c1-9-7-11(14(3,4)5)8-10(2)12(9)21(18,19)16-15-13(17)20-6/h7-8,16H,1-6H3,(H,15,17). The van der Waals surface area contributed by atoms with Crippen molar-refractivity contribution in [2.75, 3.05) is 7.11 Å². The quantitative estimate of drug-likeness (QED) is 0.837. The number of sulfonamides is 1. The van der Waals surface area contributed by atoms with Crippen LogP contribution in [0.5, 0.6) is 0 Å². The molecule has 0 saturated carbocycles. The van der Waals surface area contributed by atoms with Crippen LogP contribution in [0.25, 0.3) is 0 Å². The molecule has 0 spiro atoms. The minimum absolute atomic E-state index is 0.0739. The van der Waals surface area contributed by atoms with Crippen LogP contribution in [-0.2, 0) is 20.2 Å². The SMILES string of the molecule is COC(=O)NNS(=O)(=O)c1c(C)cc(C(C)(C)C)cc1C. The maximum atomic E-state index is 12.3. The molecule has 0 aliphatic heterocycles. The normalized spacial score (nSPS) is 12.1. The van der Waals surface area contributed by atoms with E-state index in [0.29, 0.717) is 11.1 Å². The number of carbonyl (C=O) groups is 1. The van der Waals surface area contributed by atoms with E-state index in [1.165, 1.54) is 0 Å². The average Bonchev–Trinajstić information content (AvgIpc) is 2.33. The number of nitrogens with one attached hydrogen (secondary N) is 2. The summed E-state index contributed by atoms with van der Waals surface area (Å²) in [4.78, 5) is 13.2. The van der Waals surface area contributed by atoms with E-state index < -0.39 is 16.1 Å². The van der Waals surface area contributed by atoms with Crippen molar-refractivity contribution in [1.82, 2.24) is 10.3 Å². The predicted molar refractivity (Wildman–Crippen MR) is 80.5 cm³/mol. The number of amides is 1. The minimum atomic E-state index is -3.85. The molecule has 0 saturated heterocycles. The molecule has 1 amide bonds. The molecule has 21 heavy (non-hydrogen) atoms. The van der Waals surface area contributed by atoms with E-state index >= 15 is 0 Å². The third kappa shape index (κ3) is 4.18. The van der Waals surface area contributed by atoms with Gasteiger partial charge in [-0.1, -0.05) is 32.9 Å². The molecule has 6 nitrogen and oxygen atoms in total. The first-order valence-electron chi connectivity index (χ1n) is 6.46. The molecule has 0 bridgehead atoms. The van der Waals surface area contributed by atoms with Crippen LogP contribution in [-0.4, -0.2) is 21.6 Å². The molecule has 0 radical (unpaired) electrons. The Hall–Kier alpha value is -1.60. The van der Waals surface area contributed by atoms with Gasteiger partial charge in [0.2, 0.25) is 0 Å². The van der Waals surface area contributed by atoms with Crippen molar-refractivity contribution >= 4 is 16.1 Å². The lowest BCUT2D eigenvalue weighted by molar-refractivity contribution is 0.169. The zero-order valence-electron chi connectivity index (χ0n) is 13.2. The van der Waals surface area contributed by atoms with Crippen molar-refractivity contribution in [2.24, 2.45) is 0 Å². The number of hydrogen-bond acceptors (Lipinski definition) is 4. The first kappa shape index (κ1) is 17.5. The van der Waals surface area contributed by atoms with Gasteiger partial charge in [-0.05, 0) is 36.0 Å². The van der Waals surface area contributed by atoms with Gasteiger partial charge in [0.15, 0.2) is 0 Å². The molecule has 1 aromatic carbocycles. The molecule has 1 aromatic rings. The molecular weight excluding hydrogens is 292 g/mol. The summed E-state index contributed by atoms with van der Waals surface area (Å²) in [7, 11) is -2.70. The molecule has 118 valence electrons. The van der Waals surface area contributed by atoms with Gasteiger partial charge in [0.25, 0.3) is 10.0 Å². The monoisotopic (exact) mass is 314 g/mol. The molecule has 0 fully saturated rings. The van der Waals surface area contributed by atoms with Gasteiger partial charge in [0.1, 0.15) is 0 Å². The van der Waals surface area contributed by atoms with Crippen molar-refractivity contribution in [3.63, 3.8) is 0 Å². The van der Waals surface area contributed by atoms with Crippen LogP contribution in [0.2, 0.25) is 0 Å². The summed E-state index contributed by atoms with van der Waals surface area (Å²) in [5.74, 6) is 0. The Morgan fingerprint density at radius 1 is 1.14 bits per heavy atom. The zero-order valence-corrected chi connectivity index (χ0v) is 14.0. The number of aryl methyl sites for hydroxylation is 2. The van der Waals surface area contributed by atoms with Crippen LogP contribution >= 0.6 is 0 Å². The summed E-state index contributed by atoms with van der Waals surface area (Å²) >= 11 is 0. The third-order valence-corrected chi connectivity index (χ3v) is 4.62. The lowest BCUT2D eigenvalue weighted by atomic mass is 9.85. The fraction of sp³-hybridized carbons (Fsp3) is 0.500. The first-order chi connectivity index (χ1) is 9.49. The molecule has 0 aromatic heterocycles. The van der Waals surface area contributed by atoms with Gasteiger partial charge in [0.05, 0.1) is 12.0 Å². The van der Waals surface area contributed by atoms with Crippen LogP contribution in [0.1, 0.15) is 37.5 Å². The molecule has 0 unspecified atom stereocenters. The maximum absolute atomic E-state index is 12.3. The number of ether oxygens (including phenoxy) is 1. The number of hydrazine groups is 1. The number of benzene rings is 1. The van der Waals surface area contributed by atoms with E-state index in [-0.39, 0.29) is 10.3 Å². The lowest BCUT2D eigenvalue weighted by Gasteiger charge is -2.22. The molecule has 2 N–H and O–H groups in total. The largest absolute Gasteiger partial charge is 0.452 e. The van der Waals surface area contributed by atoms with Crippen LogP contribution < -0.4 is 10.3 Å². The number of hydrogen-bond donors (Lipinski definition) is 2. The Morgan fingerprint density at radius 2 is 1.62 bits per heavy atom. The van der Waals surface area contributed by atoms with Gasteiger partial charge in [0, 0.05) is 0 Å². The number of carbonyl (C=O) groups excluding carboxylic acids is 1. The fourth-order valence-electron chi connectivity index (χ4n) is 2.02. The van der Waals surface area contributed by atoms with Gasteiger partial charge in [-0.25, -0.2) is 18.6 Å². The van der Waals surface area contributed by atoms with Gasteiger partial charge in [-0.2, -0.15) is 0 Å². The van der Waals surface area contributed by atoms with Crippen molar-refractivity contribution in [3.8, 4) is 0 Å². The van der Waals surface area contributed by atoms with Crippen molar-refractivity contribution in [3.05, 3.63) is 28.8 Å². The van der Waals surface area contributed by atoms with Crippen LogP contribution in [0.3, 0.4) is 0 Å². The second-order valence-corrected chi connectivity index (χ2v) is 7.53. The Labute approximate surface area is 125 Å². The van der Waals surface area contributed by atoms with Crippen molar-refractivity contribution in [1.29, 1.82) is 0 Å². The van der Waals surface area contributed by atoms with E-state index in [1.54, 1.807) is 13.8 Å². The second-order valence-electron chi connectivity index (χ2n) is 5.91. The van der Waals surface area contributed by atoms with E-state index in [9.17, 15) is 13.2 Å². The highest BCUT2D eigenvalue weighted by molar-refractivity contribution is 7.89. The molecule has 0 atom stereocenters. The summed E-state index contributed by atoms with van der Waals surface area (Å²) in [6.45, 7) is 9.65. The molecule has 1 rings (SSSR count). The number of rotatable bonds is 3. The summed E-state index contributed by atoms with van der Waals surface area (Å²) in [6, 6.07) is 3.69. The first-order valence-corrected chi connectivity index (χ1v) is 7.95. The van der Waals surface area contributed by atoms with E-state index in [2.05, 4.69) is 25.5 Å². The zero-order chi connectivity index (χ0) is 16.4. The topological polar surface area (TPSA) is 84.5 Å². The summed E-state index contributed by atoms with van der Waals surface area (Å²) in [6.07, 6.45) is -0.875. The van der Waals surface area contributed by atoms with Gasteiger partial charge in [-0.3, -0.25) is 0 Å². The molecule has 0 heterocycles. The van der Waals surface area contributed by atoms with Crippen molar-refractivity contribution in [2.45, 2.75) is 44.9 Å². The highest BCUT2D eigenvalue weighted by atomic mass is 32.2. The van der Waals surface area contributed by atoms with Crippen LogP contribution in [0.15, 0.2) is 17.0 Å². The van der Waals surface area contributed by atoms with Gasteiger partial charge >= 0.3 is 6.09 Å². The Morgan fingerprint density at radius 3 is 2.00 bits per heavy atom. The van der Waals surface area contributed by atoms with Gasteiger partial charge in [-0.15, -0.1) is 4.83 Å². The maximum Gasteiger partial charge on any atom is 0.422 e. The van der Waals surface area contributed by atoms with Crippen molar-refractivity contribution < 1.29 is 17.9 Å². The lowest BCUT2D eigenvalue weighted by Crippen LogP contribution is -2.41. The Balaban J connectivity index is 3.22. The minimum Gasteiger partial charge on any atom is -0.452 e. The van der Waals surface area contributed by atoms with E-state index in [4.69, 9.17) is 0 Å². The second kappa shape index (κ2) is 6.03. The third-order valence-electron chi connectivity index (χ3n) is 3.07.